The van der Waals surface area contributed by atoms with E-state index in [1.807, 2.05) is 12.4 Å². The first-order valence-electron chi connectivity index (χ1n) is 15.8. The molecule has 0 aliphatic carbocycles. The van der Waals surface area contributed by atoms with Crippen molar-refractivity contribution >= 4 is 43.4 Å². The van der Waals surface area contributed by atoms with Gasteiger partial charge in [0.05, 0.1) is 11.0 Å². The molecule has 46 heavy (non-hydrogen) atoms. The van der Waals surface area contributed by atoms with Crippen molar-refractivity contribution in [2.24, 2.45) is 0 Å². The molecule has 0 aliphatic heterocycles. The zero-order valence-corrected chi connectivity index (χ0v) is 25.5. The van der Waals surface area contributed by atoms with Crippen molar-refractivity contribution in [1.82, 2.24) is 9.55 Å². The van der Waals surface area contributed by atoms with Crippen molar-refractivity contribution < 1.29 is 0 Å². The molecule has 0 atom stereocenters. The highest BCUT2D eigenvalue weighted by atomic mass is 15.0. The minimum absolute atomic E-state index is 1.16. The second-order valence-corrected chi connectivity index (χ2v) is 12.1. The Kier molecular flexibility index (Phi) is 6.07. The van der Waals surface area contributed by atoms with Gasteiger partial charge in [-0.05, 0) is 104 Å². The third-order valence-electron chi connectivity index (χ3n) is 9.31. The molecule has 0 saturated heterocycles. The summed E-state index contributed by atoms with van der Waals surface area (Å²) in [5.74, 6) is 0. The van der Waals surface area contributed by atoms with Crippen LogP contribution in [0.5, 0.6) is 0 Å². The van der Waals surface area contributed by atoms with E-state index in [4.69, 9.17) is 0 Å². The van der Waals surface area contributed by atoms with Gasteiger partial charge in [0.25, 0.3) is 0 Å². The molecular weight excluding hydrogens is 556 g/mol. The fourth-order valence-electron chi connectivity index (χ4n) is 7.28. The van der Waals surface area contributed by atoms with Crippen molar-refractivity contribution in [3.63, 3.8) is 0 Å². The lowest BCUT2D eigenvalue weighted by Crippen LogP contribution is -1.94. The molecule has 0 saturated carbocycles. The Bertz CT molecular complexity index is 2580. The topological polar surface area (TPSA) is 17.8 Å². The largest absolute Gasteiger partial charge is 0.309 e. The molecule has 2 aromatic heterocycles. The zero-order valence-electron chi connectivity index (χ0n) is 25.5. The Labute approximate surface area is 267 Å². The van der Waals surface area contributed by atoms with Gasteiger partial charge in [0.15, 0.2) is 0 Å². The third-order valence-corrected chi connectivity index (χ3v) is 9.31. The molecule has 7 aromatic carbocycles. The molecule has 0 bridgehead atoms. The lowest BCUT2D eigenvalue weighted by atomic mass is 9.85. The molecule has 216 valence electrons. The normalized spacial score (nSPS) is 11.6. The molecular formula is C44H30N2. The Morgan fingerprint density at radius 1 is 0.413 bits per heavy atom. The van der Waals surface area contributed by atoms with Crippen LogP contribution in [0.15, 0.2) is 164 Å². The summed E-state index contributed by atoms with van der Waals surface area (Å²) < 4.78 is 2.36. The van der Waals surface area contributed by atoms with Crippen LogP contribution in [0, 0.1) is 6.92 Å². The van der Waals surface area contributed by atoms with Gasteiger partial charge in [-0.15, -0.1) is 0 Å². The molecule has 9 aromatic rings. The second-order valence-electron chi connectivity index (χ2n) is 12.1. The van der Waals surface area contributed by atoms with E-state index in [2.05, 4.69) is 168 Å². The average Bonchev–Trinajstić information content (AvgIpc) is 3.45. The summed E-state index contributed by atoms with van der Waals surface area (Å²) in [5.41, 5.74) is 12.1. The van der Waals surface area contributed by atoms with Gasteiger partial charge in [0.1, 0.15) is 0 Å². The van der Waals surface area contributed by atoms with Crippen LogP contribution in [-0.2, 0) is 0 Å². The van der Waals surface area contributed by atoms with Crippen LogP contribution >= 0.6 is 0 Å². The van der Waals surface area contributed by atoms with Crippen LogP contribution in [0.1, 0.15) is 5.56 Å². The molecule has 0 amide bonds. The van der Waals surface area contributed by atoms with Gasteiger partial charge in [-0.3, -0.25) is 4.98 Å². The first kappa shape index (κ1) is 26.4. The maximum Gasteiger partial charge on any atom is 0.0571 e. The van der Waals surface area contributed by atoms with E-state index in [1.54, 1.807) is 0 Å². The van der Waals surface area contributed by atoms with Crippen molar-refractivity contribution in [2.45, 2.75) is 6.92 Å². The van der Waals surface area contributed by atoms with E-state index in [0.29, 0.717) is 0 Å². The van der Waals surface area contributed by atoms with Crippen LogP contribution < -0.4 is 0 Å². The summed E-state index contributed by atoms with van der Waals surface area (Å²) in [7, 11) is 0. The number of rotatable bonds is 4. The number of aryl methyl sites for hydroxylation is 1. The number of benzene rings is 7. The van der Waals surface area contributed by atoms with Gasteiger partial charge in [-0.25, -0.2) is 0 Å². The lowest BCUT2D eigenvalue weighted by Gasteiger charge is -2.18. The van der Waals surface area contributed by atoms with E-state index in [9.17, 15) is 0 Å². The smallest absolute Gasteiger partial charge is 0.0571 e. The van der Waals surface area contributed by atoms with E-state index in [1.165, 1.54) is 71.4 Å². The van der Waals surface area contributed by atoms with Crippen LogP contribution in [-0.4, -0.2) is 9.55 Å². The highest BCUT2D eigenvalue weighted by molar-refractivity contribution is 6.22. The number of pyridine rings is 1. The molecule has 0 aliphatic rings. The van der Waals surface area contributed by atoms with E-state index < -0.39 is 0 Å². The molecule has 2 heterocycles. The van der Waals surface area contributed by atoms with Crippen LogP contribution in [0.3, 0.4) is 0 Å². The number of nitrogens with zero attached hydrogens (tertiary/aromatic N) is 2. The van der Waals surface area contributed by atoms with Crippen molar-refractivity contribution in [2.75, 3.05) is 0 Å². The molecule has 0 unspecified atom stereocenters. The van der Waals surface area contributed by atoms with Crippen molar-refractivity contribution in [1.29, 1.82) is 0 Å². The third kappa shape index (κ3) is 4.15. The van der Waals surface area contributed by atoms with Crippen LogP contribution in [0.4, 0.5) is 0 Å². The summed E-state index contributed by atoms with van der Waals surface area (Å²) in [6.07, 6.45) is 3.89. The predicted octanol–water partition coefficient (Wildman–Crippen LogP) is 11.8. The average molecular weight is 587 g/mol. The molecule has 0 fully saturated rings. The first-order chi connectivity index (χ1) is 22.7. The Morgan fingerprint density at radius 3 is 1.70 bits per heavy atom. The second kappa shape index (κ2) is 10.6. The number of aromatic nitrogens is 2. The monoisotopic (exact) mass is 586 g/mol. The van der Waals surface area contributed by atoms with Crippen molar-refractivity contribution in [3.05, 3.63) is 170 Å². The molecule has 9 rings (SSSR count). The summed E-state index contributed by atoms with van der Waals surface area (Å²) >= 11 is 0. The van der Waals surface area contributed by atoms with Crippen LogP contribution in [0.2, 0.25) is 0 Å². The first-order valence-corrected chi connectivity index (χ1v) is 15.8. The lowest BCUT2D eigenvalue weighted by molar-refractivity contribution is 1.17. The summed E-state index contributed by atoms with van der Waals surface area (Å²) in [6.45, 7) is 2.15. The van der Waals surface area contributed by atoms with Gasteiger partial charge in [0.2, 0.25) is 0 Å². The predicted molar refractivity (Wildman–Crippen MR) is 195 cm³/mol. The van der Waals surface area contributed by atoms with Gasteiger partial charge < -0.3 is 4.57 Å². The minimum Gasteiger partial charge on any atom is -0.309 e. The maximum absolute atomic E-state index is 4.53. The SMILES string of the molecule is Cc1cccc(-n2c3ccncc3c3cc(-c4ccc5c(-c6ccccc6)c6ccccc6c(-c6ccccc6)c5c4)ccc32)c1. The number of hydrogen-bond acceptors (Lipinski definition) is 1. The van der Waals surface area contributed by atoms with Gasteiger partial charge >= 0.3 is 0 Å². The van der Waals surface area contributed by atoms with Gasteiger partial charge in [-0.2, -0.15) is 0 Å². The quantitative estimate of drug-likeness (QED) is 0.188. The van der Waals surface area contributed by atoms with Gasteiger partial charge in [0, 0.05) is 28.9 Å². The highest BCUT2D eigenvalue weighted by Crippen LogP contribution is 2.45. The standard InChI is InChI=1S/C44H30N2/c1-29-11-10-16-34(25-29)46-41-22-20-33(26-38(41)40-28-45-24-23-42(40)46)32-19-21-37-39(27-32)44(31-14-6-3-7-15-31)36-18-9-8-17-35(36)43(37)30-12-4-2-5-13-30/h2-28H,1H3. The van der Waals surface area contributed by atoms with E-state index in [-0.39, 0.29) is 0 Å². The fraction of sp³-hybridized carbons (Fsp3) is 0.0227. The van der Waals surface area contributed by atoms with Gasteiger partial charge in [-0.1, -0.05) is 115 Å². The maximum atomic E-state index is 4.53. The Hall–Kier alpha value is -5.99. The summed E-state index contributed by atoms with van der Waals surface area (Å²) in [6, 6.07) is 55.2. The van der Waals surface area contributed by atoms with E-state index >= 15 is 0 Å². The fourth-order valence-corrected chi connectivity index (χ4v) is 7.28. The summed E-state index contributed by atoms with van der Waals surface area (Å²) in [5, 5.41) is 7.41. The van der Waals surface area contributed by atoms with E-state index in [0.717, 1.165) is 16.6 Å². The highest BCUT2D eigenvalue weighted by Gasteiger charge is 2.18. The van der Waals surface area contributed by atoms with Crippen molar-refractivity contribution in [3.8, 4) is 39.1 Å². The molecule has 0 spiro atoms. The molecule has 2 nitrogen and oxygen atoms in total. The molecule has 0 N–H and O–H groups in total. The molecule has 0 radical (unpaired) electrons. The molecule has 2 heteroatoms. The number of hydrogen-bond donors (Lipinski definition) is 0. The number of fused-ring (bicyclic) bond motifs is 5. The summed E-state index contributed by atoms with van der Waals surface area (Å²) in [4.78, 5) is 4.53. The van der Waals surface area contributed by atoms with Crippen LogP contribution in [0.25, 0.3) is 82.4 Å². The Morgan fingerprint density at radius 2 is 1.00 bits per heavy atom. The Balaban J connectivity index is 1.33. The minimum atomic E-state index is 1.16. The zero-order chi connectivity index (χ0) is 30.6.